The van der Waals surface area contributed by atoms with E-state index in [1.165, 1.54) is 7.11 Å². The summed E-state index contributed by atoms with van der Waals surface area (Å²) in [4.78, 5) is 24.7. The molecule has 3 N–H and O–H groups in total. The molecule has 0 aliphatic rings. The Kier molecular flexibility index (Phi) is 7.46. The maximum absolute atomic E-state index is 12.8. The van der Waals surface area contributed by atoms with Crippen molar-refractivity contribution < 1.29 is 14.3 Å². The van der Waals surface area contributed by atoms with Gasteiger partial charge in [-0.25, -0.2) is 4.79 Å². The van der Waals surface area contributed by atoms with Gasteiger partial charge in [-0.1, -0.05) is 34.6 Å². The molecule has 1 rings (SSSR count). The topological polar surface area (TPSA) is 81.4 Å². The third-order valence-corrected chi connectivity index (χ3v) is 4.02. The monoisotopic (exact) mass is 348 g/mol. The number of carbonyl (C=O) groups is 2. The van der Waals surface area contributed by atoms with Crippen LogP contribution in [-0.2, 0) is 16.0 Å². The summed E-state index contributed by atoms with van der Waals surface area (Å²) in [5.74, 6) is -0.426. The lowest BCUT2D eigenvalue weighted by molar-refractivity contribution is -0.143. The van der Waals surface area contributed by atoms with Gasteiger partial charge in [0.15, 0.2) is 0 Å². The molecular weight excluding hydrogens is 316 g/mol. The van der Waals surface area contributed by atoms with Gasteiger partial charge in [0.05, 0.1) is 7.11 Å². The van der Waals surface area contributed by atoms with E-state index in [-0.39, 0.29) is 17.2 Å². The van der Waals surface area contributed by atoms with Gasteiger partial charge in [-0.2, -0.15) is 0 Å². The van der Waals surface area contributed by atoms with Gasteiger partial charge in [0.2, 0.25) is 0 Å². The Morgan fingerprint density at radius 1 is 1.24 bits per heavy atom. The predicted octanol–water partition coefficient (Wildman–Crippen LogP) is 3.57. The Balaban J connectivity index is 3.00. The van der Waals surface area contributed by atoms with Gasteiger partial charge in [0.1, 0.15) is 6.04 Å². The number of benzene rings is 1. The number of nitrogen functional groups attached to an aromatic ring is 1. The molecule has 1 aromatic rings. The van der Waals surface area contributed by atoms with Gasteiger partial charge < -0.3 is 15.8 Å². The van der Waals surface area contributed by atoms with E-state index in [1.54, 1.807) is 12.1 Å². The number of nitrogens with two attached hydrogens (primary N) is 1. The highest BCUT2D eigenvalue weighted by molar-refractivity contribution is 5.98. The molecule has 25 heavy (non-hydrogen) atoms. The van der Waals surface area contributed by atoms with Crippen LogP contribution < -0.4 is 11.1 Å². The van der Waals surface area contributed by atoms with Crippen molar-refractivity contribution in [3.8, 4) is 0 Å². The summed E-state index contributed by atoms with van der Waals surface area (Å²) in [5, 5.41) is 2.82. The fraction of sp³-hybridized carbons (Fsp3) is 0.600. The molecule has 0 bridgehead atoms. The molecule has 0 radical (unpaired) electrons. The summed E-state index contributed by atoms with van der Waals surface area (Å²) in [6.45, 7) is 10.5. The summed E-state index contributed by atoms with van der Waals surface area (Å²) >= 11 is 0. The highest BCUT2D eigenvalue weighted by atomic mass is 16.5. The number of esters is 1. The fourth-order valence-electron chi connectivity index (χ4n) is 2.62. The van der Waals surface area contributed by atoms with Crippen molar-refractivity contribution in [2.45, 2.75) is 59.9 Å². The molecular formula is C20H32N2O3. The number of ether oxygens (including phenoxy) is 1. The van der Waals surface area contributed by atoms with Crippen LogP contribution in [0, 0.1) is 11.3 Å². The predicted molar refractivity (Wildman–Crippen MR) is 101 cm³/mol. The number of carbonyl (C=O) groups excluding carboxylic acids is 2. The molecule has 140 valence electrons. The summed E-state index contributed by atoms with van der Waals surface area (Å²) < 4.78 is 4.82. The molecule has 0 heterocycles. The van der Waals surface area contributed by atoms with Crippen LogP contribution in [0.2, 0.25) is 0 Å². The molecule has 0 spiro atoms. The SMILES string of the molecule is COC(=O)[C@H](CC(C)C)NC(=O)c1ccc(N)cc1CCC(C)(C)C. The van der Waals surface area contributed by atoms with Crippen LogP contribution >= 0.6 is 0 Å². The van der Waals surface area contributed by atoms with Gasteiger partial charge in [-0.3, -0.25) is 4.79 Å². The molecule has 0 aliphatic carbocycles. The second kappa shape index (κ2) is 8.88. The Morgan fingerprint density at radius 2 is 1.88 bits per heavy atom. The van der Waals surface area contributed by atoms with Crippen molar-refractivity contribution in [3.05, 3.63) is 29.3 Å². The second-order valence-corrected chi connectivity index (χ2v) is 8.16. The maximum Gasteiger partial charge on any atom is 0.328 e. The number of hydrogen-bond acceptors (Lipinski definition) is 4. The van der Waals surface area contributed by atoms with Crippen molar-refractivity contribution in [2.24, 2.45) is 11.3 Å². The van der Waals surface area contributed by atoms with Crippen LogP contribution in [0.5, 0.6) is 0 Å². The highest BCUT2D eigenvalue weighted by Crippen LogP contribution is 2.24. The highest BCUT2D eigenvalue weighted by Gasteiger charge is 2.24. The molecule has 5 nitrogen and oxygen atoms in total. The number of amides is 1. The first-order valence-electron chi connectivity index (χ1n) is 8.80. The van der Waals surface area contributed by atoms with E-state index in [9.17, 15) is 9.59 Å². The van der Waals surface area contributed by atoms with Crippen LogP contribution in [-0.4, -0.2) is 25.0 Å². The summed E-state index contributed by atoms with van der Waals surface area (Å²) in [6, 6.07) is 4.64. The van der Waals surface area contributed by atoms with Gasteiger partial charge in [-0.15, -0.1) is 0 Å². The second-order valence-electron chi connectivity index (χ2n) is 8.16. The van der Waals surface area contributed by atoms with Gasteiger partial charge >= 0.3 is 5.97 Å². The number of methoxy groups -OCH3 is 1. The normalized spacial score (nSPS) is 12.8. The summed E-state index contributed by atoms with van der Waals surface area (Å²) in [7, 11) is 1.33. The molecule has 1 atom stereocenters. The number of nitrogens with one attached hydrogen (secondary N) is 1. The first-order chi connectivity index (χ1) is 11.5. The Bertz CT molecular complexity index is 603. The molecule has 1 amide bonds. The molecule has 0 aliphatic heterocycles. The fourth-order valence-corrected chi connectivity index (χ4v) is 2.62. The van der Waals surface area contributed by atoms with E-state index in [4.69, 9.17) is 10.5 Å². The number of aryl methyl sites for hydroxylation is 1. The third kappa shape index (κ3) is 7.16. The minimum absolute atomic E-state index is 0.157. The third-order valence-electron chi connectivity index (χ3n) is 4.02. The average molecular weight is 348 g/mol. The van der Waals surface area contributed by atoms with E-state index in [1.807, 2.05) is 19.9 Å². The molecule has 0 aromatic heterocycles. The molecule has 5 heteroatoms. The first-order valence-corrected chi connectivity index (χ1v) is 8.80. The molecule has 0 unspecified atom stereocenters. The summed E-state index contributed by atoms with van der Waals surface area (Å²) in [5.41, 5.74) is 8.16. The lowest BCUT2D eigenvalue weighted by Crippen LogP contribution is -2.42. The lowest BCUT2D eigenvalue weighted by Gasteiger charge is -2.21. The van der Waals surface area contributed by atoms with Gasteiger partial charge in [0, 0.05) is 11.3 Å². The van der Waals surface area contributed by atoms with E-state index >= 15 is 0 Å². The number of hydrogen-bond donors (Lipinski definition) is 2. The lowest BCUT2D eigenvalue weighted by atomic mass is 9.87. The standard InChI is InChI=1S/C20H32N2O3/c1-13(2)11-17(19(24)25-6)22-18(23)16-8-7-15(21)12-14(16)9-10-20(3,4)5/h7-8,12-13,17H,9-11,21H2,1-6H3,(H,22,23)/t17-/m0/s1. The van der Waals surface area contributed by atoms with Crippen molar-refractivity contribution in [1.29, 1.82) is 0 Å². The first kappa shape index (κ1) is 21.0. The number of rotatable bonds is 7. The van der Waals surface area contributed by atoms with Crippen LogP contribution in [0.4, 0.5) is 5.69 Å². The van der Waals surface area contributed by atoms with E-state index in [0.29, 0.717) is 17.7 Å². The maximum atomic E-state index is 12.8. The van der Waals surface area contributed by atoms with Crippen LogP contribution in [0.3, 0.4) is 0 Å². The van der Waals surface area contributed by atoms with Crippen LogP contribution in [0.15, 0.2) is 18.2 Å². The van der Waals surface area contributed by atoms with Crippen molar-refractivity contribution in [2.75, 3.05) is 12.8 Å². The van der Waals surface area contributed by atoms with Crippen LogP contribution in [0.1, 0.15) is 63.4 Å². The smallest absolute Gasteiger partial charge is 0.328 e. The minimum atomic E-state index is -0.648. The van der Waals surface area contributed by atoms with E-state index in [0.717, 1.165) is 18.4 Å². The zero-order valence-electron chi connectivity index (χ0n) is 16.3. The zero-order chi connectivity index (χ0) is 19.2. The van der Waals surface area contributed by atoms with Crippen molar-refractivity contribution in [1.82, 2.24) is 5.32 Å². The average Bonchev–Trinajstić information content (AvgIpc) is 2.50. The van der Waals surface area contributed by atoms with Crippen molar-refractivity contribution in [3.63, 3.8) is 0 Å². The number of anilines is 1. The van der Waals surface area contributed by atoms with Gasteiger partial charge in [0.25, 0.3) is 5.91 Å². The quantitative estimate of drug-likeness (QED) is 0.583. The zero-order valence-corrected chi connectivity index (χ0v) is 16.3. The molecule has 0 fully saturated rings. The van der Waals surface area contributed by atoms with Gasteiger partial charge in [-0.05, 0) is 54.4 Å². The Hall–Kier alpha value is -2.04. The molecule has 0 saturated heterocycles. The van der Waals surface area contributed by atoms with E-state index < -0.39 is 12.0 Å². The molecule has 1 aromatic carbocycles. The minimum Gasteiger partial charge on any atom is -0.467 e. The van der Waals surface area contributed by atoms with Crippen LogP contribution in [0.25, 0.3) is 0 Å². The van der Waals surface area contributed by atoms with Crippen molar-refractivity contribution >= 4 is 17.6 Å². The Labute approximate surface area is 151 Å². The molecule has 0 saturated carbocycles. The Morgan fingerprint density at radius 3 is 2.40 bits per heavy atom. The van der Waals surface area contributed by atoms with E-state index in [2.05, 4.69) is 26.1 Å². The summed E-state index contributed by atoms with van der Waals surface area (Å²) in [6.07, 6.45) is 2.22. The largest absolute Gasteiger partial charge is 0.467 e.